The van der Waals surface area contributed by atoms with E-state index in [1.54, 1.807) is 6.07 Å². The van der Waals surface area contributed by atoms with Gasteiger partial charge in [0.1, 0.15) is 0 Å². The minimum Gasteiger partial charge on any atom is -0.312 e. The number of nitrogens with one attached hydrogen (secondary N) is 1. The van der Waals surface area contributed by atoms with Gasteiger partial charge in [-0.2, -0.15) is 4.31 Å². The molecule has 0 atom stereocenters. The first kappa shape index (κ1) is 17.4. The lowest BCUT2D eigenvalue weighted by Gasteiger charge is -2.20. The molecule has 0 unspecified atom stereocenters. The molecule has 20 heavy (non-hydrogen) atoms. The Morgan fingerprint density at radius 3 is 2.70 bits per heavy atom. The summed E-state index contributed by atoms with van der Waals surface area (Å²) < 4.78 is 26.8. The third-order valence-electron chi connectivity index (χ3n) is 2.83. The summed E-state index contributed by atoms with van der Waals surface area (Å²) in [4.78, 5) is 1.30. The van der Waals surface area contributed by atoms with Crippen molar-refractivity contribution in [2.45, 2.75) is 38.6 Å². The first-order valence-electron chi connectivity index (χ1n) is 6.85. The Morgan fingerprint density at radius 2 is 2.15 bits per heavy atom. The van der Waals surface area contributed by atoms with Gasteiger partial charge >= 0.3 is 0 Å². The second-order valence-corrected chi connectivity index (χ2v) is 7.68. The summed E-state index contributed by atoms with van der Waals surface area (Å²) in [5, 5.41) is 5.10. The highest BCUT2D eigenvalue weighted by molar-refractivity contribution is 7.89. The number of hydrogen-bond acceptors (Lipinski definition) is 4. The third-order valence-corrected chi connectivity index (χ3v) is 5.89. The molecule has 0 aromatic carbocycles. The van der Waals surface area contributed by atoms with Gasteiger partial charge in [0.25, 0.3) is 0 Å². The molecule has 0 fully saturated rings. The van der Waals surface area contributed by atoms with Crippen LogP contribution in [-0.4, -0.2) is 32.4 Å². The Balaban J connectivity index is 2.96. The van der Waals surface area contributed by atoms with Gasteiger partial charge in [-0.25, -0.2) is 8.42 Å². The van der Waals surface area contributed by atoms with E-state index in [4.69, 9.17) is 0 Å². The van der Waals surface area contributed by atoms with Gasteiger partial charge in [-0.05, 0) is 31.3 Å². The van der Waals surface area contributed by atoms with Crippen molar-refractivity contribution in [1.29, 1.82) is 0 Å². The molecule has 0 radical (unpaired) electrons. The largest absolute Gasteiger partial charge is 0.312 e. The first-order chi connectivity index (χ1) is 9.43. The van der Waals surface area contributed by atoms with Gasteiger partial charge in [-0.15, -0.1) is 11.3 Å². The molecule has 0 spiro atoms. The molecule has 1 N–H and O–H groups in total. The van der Waals surface area contributed by atoms with E-state index in [0.29, 0.717) is 24.5 Å². The molecular weight excluding hydrogens is 292 g/mol. The summed E-state index contributed by atoms with van der Waals surface area (Å²) in [6.07, 6.45) is 1.03. The van der Waals surface area contributed by atoms with Crippen molar-refractivity contribution in [3.8, 4) is 0 Å². The van der Waals surface area contributed by atoms with E-state index in [1.165, 1.54) is 15.6 Å². The Bertz CT molecular complexity index is 535. The van der Waals surface area contributed by atoms with Crippen LogP contribution in [0.5, 0.6) is 0 Å². The fourth-order valence-electron chi connectivity index (χ4n) is 1.87. The molecule has 114 valence electrons. The molecule has 0 amide bonds. The van der Waals surface area contributed by atoms with Crippen molar-refractivity contribution in [3.05, 3.63) is 28.5 Å². The van der Waals surface area contributed by atoms with Gasteiger partial charge < -0.3 is 5.32 Å². The van der Waals surface area contributed by atoms with Crippen LogP contribution in [0.15, 0.2) is 28.5 Å². The molecular formula is C14H24N2O2S2. The predicted octanol–water partition coefficient (Wildman–Crippen LogP) is 2.83. The minimum absolute atomic E-state index is 0.372. The van der Waals surface area contributed by atoms with Gasteiger partial charge in [-0.1, -0.05) is 26.0 Å². The Kier molecular flexibility index (Phi) is 6.88. The third kappa shape index (κ3) is 4.41. The fourth-order valence-corrected chi connectivity index (χ4v) is 4.77. The predicted molar refractivity (Wildman–Crippen MR) is 85.6 cm³/mol. The molecule has 0 bridgehead atoms. The molecule has 1 aromatic rings. The second kappa shape index (κ2) is 7.93. The highest BCUT2D eigenvalue weighted by Crippen LogP contribution is 2.25. The molecule has 0 saturated heterocycles. The molecule has 0 aliphatic carbocycles. The van der Waals surface area contributed by atoms with E-state index in [2.05, 4.69) is 18.8 Å². The highest BCUT2D eigenvalue weighted by atomic mass is 32.2. The molecule has 1 aromatic heterocycles. The molecule has 4 nitrogen and oxygen atoms in total. The summed E-state index contributed by atoms with van der Waals surface area (Å²) in [5.74, 6) is 0. The molecule has 6 heteroatoms. The number of thiophene rings is 1. The van der Waals surface area contributed by atoms with Crippen molar-refractivity contribution in [1.82, 2.24) is 9.62 Å². The summed E-state index contributed by atoms with van der Waals surface area (Å²) in [6.45, 7) is 11.9. The van der Waals surface area contributed by atoms with E-state index in [1.807, 2.05) is 19.2 Å². The van der Waals surface area contributed by atoms with Crippen molar-refractivity contribution < 1.29 is 8.42 Å². The van der Waals surface area contributed by atoms with Crippen LogP contribution in [0.25, 0.3) is 0 Å². The highest BCUT2D eigenvalue weighted by Gasteiger charge is 2.26. The van der Waals surface area contributed by atoms with Crippen LogP contribution >= 0.6 is 11.3 Å². The van der Waals surface area contributed by atoms with Gasteiger partial charge in [0.2, 0.25) is 10.0 Å². The van der Waals surface area contributed by atoms with Crippen molar-refractivity contribution in [3.63, 3.8) is 0 Å². The zero-order valence-electron chi connectivity index (χ0n) is 12.5. The Morgan fingerprint density at radius 1 is 1.45 bits per heavy atom. The molecule has 1 heterocycles. The normalized spacial score (nSPS) is 12.0. The maximum atomic E-state index is 12.7. The number of likely N-dealkylation sites (N-methyl/N-ethyl adjacent to an activating group) is 1. The SMILES string of the molecule is C=C(C)CN(CC)S(=O)(=O)c1ccsc1CNCCC. The lowest BCUT2D eigenvalue weighted by atomic mass is 10.3. The zero-order chi connectivity index (χ0) is 15.2. The molecule has 0 aliphatic heterocycles. The zero-order valence-corrected chi connectivity index (χ0v) is 14.1. The van der Waals surface area contributed by atoms with E-state index in [-0.39, 0.29) is 0 Å². The van der Waals surface area contributed by atoms with Crippen LogP contribution in [0.2, 0.25) is 0 Å². The average molecular weight is 316 g/mol. The molecule has 0 aliphatic rings. The maximum absolute atomic E-state index is 12.7. The first-order valence-corrected chi connectivity index (χ1v) is 9.17. The minimum atomic E-state index is -3.43. The van der Waals surface area contributed by atoms with E-state index in [0.717, 1.165) is 23.4 Å². The lowest BCUT2D eigenvalue weighted by Crippen LogP contribution is -2.32. The van der Waals surface area contributed by atoms with Crippen molar-refractivity contribution >= 4 is 21.4 Å². The fraction of sp³-hybridized carbons (Fsp3) is 0.571. The maximum Gasteiger partial charge on any atom is 0.244 e. The summed E-state index contributed by atoms with van der Waals surface area (Å²) in [7, 11) is -3.43. The van der Waals surface area contributed by atoms with Crippen LogP contribution in [0, 0.1) is 0 Å². The Hall–Kier alpha value is -0.690. The van der Waals surface area contributed by atoms with Crippen molar-refractivity contribution in [2.24, 2.45) is 0 Å². The monoisotopic (exact) mass is 316 g/mol. The van der Waals surface area contributed by atoms with E-state index >= 15 is 0 Å². The van der Waals surface area contributed by atoms with E-state index < -0.39 is 10.0 Å². The number of sulfonamides is 1. The van der Waals surface area contributed by atoms with Crippen LogP contribution in [-0.2, 0) is 16.6 Å². The smallest absolute Gasteiger partial charge is 0.244 e. The van der Waals surface area contributed by atoms with Gasteiger partial charge in [0.15, 0.2) is 0 Å². The number of rotatable bonds is 9. The quantitative estimate of drug-likeness (QED) is 0.563. The van der Waals surface area contributed by atoms with Gasteiger partial charge in [-0.3, -0.25) is 0 Å². The summed E-state index contributed by atoms with van der Waals surface area (Å²) in [5.41, 5.74) is 0.844. The van der Waals surface area contributed by atoms with Gasteiger partial charge in [0.05, 0.1) is 4.90 Å². The second-order valence-electron chi connectivity index (χ2n) is 4.77. The Labute approximate surface area is 126 Å². The summed E-state index contributed by atoms with van der Waals surface area (Å²) in [6, 6.07) is 1.70. The topological polar surface area (TPSA) is 49.4 Å². The average Bonchev–Trinajstić information content (AvgIpc) is 2.85. The van der Waals surface area contributed by atoms with Crippen LogP contribution in [0.4, 0.5) is 0 Å². The molecule has 1 rings (SSSR count). The van der Waals surface area contributed by atoms with E-state index in [9.17, 15) is 8.42 Å². The van der Waals surface area contributed by atoms with Crippen molar-refractivity contribution in [2.75, 3.05) is 19.6 Å². The van der Waals surface area contributed by atoms with Crippen LogP contribution < -0.4 is 5.32 Å². The summed E-state index contributed by atoms with van der Waals surface area (Å²) >= 11 is 1.48. The van der Waals surface area contributed by atoms with Gasteiger partial charge in [0, 0.05) is 24.5 Å². The van der Waals surface area contributed by atoms with Crippen LogP contribution in [0.1, 0.15) is 32.1 Å². The van der Waals surface area contributed by atoms with Crippen LogP contribution in [0.3, 0.4) is 0 Å². The lowest BCUT2D eigenvalue weighted by molar-refractivity contribution is 0.452. The number of nitrogens with zero attached hydrogens (tertiary/aromatic N) is 1. The number of hydrogen-bond donors (Lipinski definition) is 1. The standard InChI is InChI=1S/C14H24N2O2S2/c1-5-8-15-10-13-14(7-9-19-13)20(17,18)16(6-2)11-12(3)4/h7,9,15H,3,5-6,8,10-11H2,1-2,4H3. The molecule has 0 saturated carbocycles.